The molecule has 2 rings (SSSR count). The molecule has 0 atom stereocenters. The van der Waals surface area contributed by atoms with Gasteiger partial charge in [-0.25, -0.2) is 4.39 Å². The molecule has 0 unspecified atom stereocenters. The minimum atomic E-state index is -0.473. The Hall–Kier alpha value is -1.84. The molecule has 0 saturated heterocycles. The molecule has 4 heteroatoms. The second kappa shape index (κ2) is 2.58. The lowest BCUT2D eigenvalue weighted by molar-refractivity contribution is 0.634. The van der Waals surface area contributed by atoms with Crippen LogP contribution in [0.25, 0.3) is 10.9 Å². The molecule has 1 heterocycles. The first-order chi connectivity index (χ1) is 6.16. The molecule has 0 spiro atoms. The summed E-state index contributed by atoms with van der Waals surface area (Å²) in [6.45, 7) is 0. The maximum atomic E-state index is 12.9. The number of halogens is 1. The summed E-state index contributed by atoms with van der Waals surface area (Å²) < 4.78 is 12.9. The highest BCUT2D eigenvalue weighted by Crippen LogP contribution is 2.17. The van der Waals surface area contributed by atoms with Gasteiger partial charge in [-0.3, -0.25) is 4.79 Å². The summed E-state index contributed by atoms with van der Waals surface area (Å²) in [5, 5.41) is 0.631. The molecule has 0 fully saturated rings. The molecule has 0 bridgehead atoms. The van der Waals surface area contributed by atoms with Gasteiger partial charge in [-0.1, -0.05) is 0 Å². The largest absolute Gasteiger partial charge is 0.396 e. The second-order valence-electron chi connectivity index (χ2n) is 2.78. The molecule has 0 saturated carbocycles. The second-order valence-corrected chi connectivity index (χ2v) is 2.78. The lowest BCUT2D eigenvalue weighted by atomic mass is 10.2. The molecule has 13 heavy (non-hydrogen) atoms. The molecule has 1 aromatic carbocycles. The molecule has 0 aliphatic carbocycles. The molecule has 0 aliphatic heterocycles. The third kappa shape index (κ3) is 1.26. The van der Waals surface area contributed by atoms with Crippen LogP contribution in [0.4, 0.5) is 10.1 Å². The topological polar surface area (TPSA) is 58.9 Å². The predicted octanol–water partition coefficient (Wildman–Crippen LogP) is 1.25. The van der Waals surface area contributed by atoms with E-state index < -0.39 is 5.82 Å². The molecule has 0 aliphatic rings. The fraction of sp³-hybridized carbons (Fsp3) is 0. The summed E-state index contributed by atoms with van der Waals surface area (Å²) in [7, 11) is 0. The molecule has 0 amide bonds. The van der Waals surface area contributed by atoms with Crippen LogP contribution in [-0.2, 0) is 0 Å². The van der Waals surface area contributed by atoms with Crippen LogP contribution in [0.2, 0.25) is 0 Å². The number of nitrogen functional groups attached to an aromatic ring is 1. The molecule has 2 aromatic rings. The molecular weight excluding hydrogens is 171 g/mol. The van der Waals surface area contributed by atoms with Crippen LogP contribution in [0.15, 0.2) is 29.1 Å². The molecule has 1 aromatic heterocycles. The van der Waals surface area contributed by atoms with Crippen molar-refractivity contribution in [1.82, 2.24) is 4.98 Å². The minimum Gasteiger partial charge on any atom is -0.396 e. The maximum absolute atomic E-state index is 12.9. The van der Waals surface area contributed by atoms with E-state index in [0.717, 1.165) is 0 Å². The zero-order valence-electron chi connectivity index (χ0n) is 6.67. The number of nitrogens with two attached hydrogens (primary N) is 1. The summed E-state index contributed by atoms with van der Waals surface area (Å²) in [6, 6.07) is 5.60. The van der Waals surface area contributed by atoms with Crippen LogP contribution < -0.4 is 11.3 Å². The van der Waals surface area contributed by atoms with Crippen molar-refractivity contribution in [3.05, 3.63) is 40.4 Å². The number of fused-ring (bicyclic) bond motifs is 1. The third-order valence-electron chi connectivity index (χ3n) is 1.84. The molecular formula is C9H7FN2O. The van der Waals surface area contributed by atoms with Crippen LogP contribution in [0, 0.1) is 5.82 Å². The van der Waals surface area contributed by atoms with Crippen LogP contribution >= 0.6 is 0 Å². The van der Waals surface area contributed by atoms with Gasteiger partial charge in [0.05, 0.1) is 11.2 Å². The van der Waals surface area contributed by atoms with Crippen molar-refractivity contribution in [2.45, 2.75) is 0 Å². The zero-order valence-corrected chi connectivity index (χ0v) is 6.67. The van der Waals surface area contributed by atoms with Gasteiger partial charge in [0.25, 0.3) is 0 Å². The average molecular weight is 178 g/mol. The Morgan fingerprint density at radius 2 is 2.08 bits per heavy atom. The van der Waals surface area contributed by atoms with Crippen molar-refractivity contribution in [1.29, 1.82) is 0 Å². The number of aromatic amines is 1. The van der Waals surface area contributed by atoms with Crippen LogP contribution in [0.5, 0.6) is 0 Å². The van der Waals surface area contributed by atoms with E-state index in [-0.39, 0.29) is 11.2 Å². The molecule has 66 valence electrons. The van der Waals surface area contributed by atoms with E-state index in [9.17, 15) is 9.18 Å². The summed E-state index contributed by atoms with van der Waals surface area (Å²) in [4.78, 5) is 13.4. The first kappa shape index (κ1) is 7.79. The van der Waals surface area contributed by atoms with E-state index >= 15 is 0 Å². The number of hydrogen-bond donors (Lipinski definition) is 2. The zero-order chi connectivity index (χ0) is 9.42. The quantitative estimate of drug-likeness (QED) is 0.596. The van der Waals surface area contributed by atoms with Gasteiger partial charge in [-0.05, 0) is 18.2 Å². The standard InChI is InChI=1S/C9H7FN2O/c10-6-3-5-1-2-9(13)12-8(5)4-7(6)11/h1-4H,11H2,(H,12,13). The van der Waals surface area contributed by atoms with E-state index in [2.05, 4.69) is 4.98 Å². The Kier molecular flexibility index (Phi) is 1.55. The van der Waals surface area contributed by atoms with Gasteiger partial charge < -0.3 is 10.7 Å². The molecule has 3 nitrogen and oxygen atoms in total. The summed E-state index contributed by atoms with van der Waals surface area (Å²) in [5.41, 5.74) is 5.70. The summed E-state index contributed by atoms with van der Waals surface area (Å²) in [5.74, 6) is -0.473. The fourth-order valence-corrected chi connectivity index (χ4v) is 1.19. The highest BCUT2D eigenvalue weighted by molar-refractivity contribution is 5.81. The summed E-state index contributed by atoms with van der Waals surface area (Å²) >= 11 is 0. The Morgan fingerprint density at radius 1 is 1.31 bits per heavy atom. The summed E-state index contributed by atoms with van der Waals surface area (Å²) in [6.07, 6.45) is 0. The number of H-pyrrole nitrogens is 1. The Balaban J connectivity index is 2.89. The number of rotatable bonds is 0. The van der Waals surface area contributed by atoms with E-state index in [1.165, 1.54) is 18.2 Å². The van der Waals surface area contributed by atoms with Gasteiger partial charge in [0, 0.05) is 11.5 Å². The number of hydrogen-bond acceptors (Lipinski definition) is 2. The van der Waals surface area contributed by atoms with Crippen molar-refractivity contribution in [2.24, 2.45) is 0 Å². The lowest BCUT2D eigenvalue weighted by Gasteiger charge is -1.99. The number of benzene rings is 1. The smallest absolute Gasteiger partial charge is 0.248 e. The van der Waals surface area contributed by atoms with Crippen LogP contribution in [0.3, 0.4) is 0 Å². The van der Waals surface area contributed by atoms with E-state index in [1.54, 1.807) is 6.07 Å². The van der Waals surface area contributed by atoms with Gasteiger partial charge >= 0.3 is 0 Å². The highest BCUT2D eigenvalue weighted by atomic mass is 19.1. The van der Waals surface area contributed by atoms with E-state index in [1.807, 2.05) is 0 Å². The van der Waals surface area contributed by atoms with Crippen molar-refractivity contribution >= 4 is 16.6 Å². The first-order valence-electron chi connectivity index (χ1n) is 3.75. The number of nitrogens with one attached hydrogen (secondary N) is 1. The molecule has 3 N–H and O–H groups in total. The van der Waals surface area contributed by atoms with Gasteiger partial charge in [0.1, 0.15) is 5.82 Å². The monoisotopic (exact) mass is 178 g/mol. The Bertz CT molecular complexity index is 518. The SMILES string of the molecule is Nc1cc2[nH]c(=O)ccc2cc1F. The van der Waals surface area contributed by atoms with Crippen molar-refractivity contribution < 1.29 is 4.39 Å². The van der Waals surface area contributed by atoms with Gasteiger partial charge in [-0.15, -0.1) is 0 Å². The Labute approximate surface area is 73.0 Å². The predicted molar refractivity (Wildman–Crippen MR) is 48.9 cm³/mol. The minimum absolute atomic E-state index is 0.0364. The van der Waals surface area contributed by atoms with Crippen molar-refractivity contribution in [3.8, 4) is 0 Å². The Morgan fingerprint density at radius 3 is 2.85 bits per heavy atom. The number of pyridine rings is 1. The normalized spacial score (nSPS) is 10.5. The third-order valence-corrected chi connectivity index (χ3v) is 1.84. The van der Waals surface area contributed by atoms with Crippen molar-refractivity contribution in [3.63, 3.8) is 0 Å². The fourth-order valence-electron chi connectivity index (χ4n) is 1.19. The van der Waals surface area contributed by atoms with Crippen LogP contribution in [0.1, 0.15) is 0 Å². The first-order valence-corrected chi connectivity index (χ1v) is 3.75. The van der Waals surface area contributed by atoms with Crippen molar-refractivity contribution in [2.75, 3.05) is 5.73 Å². The number of anilines is 1. The van der Waals surface area contributed by atoms with Crippen LogP contribution in [-0.4, -0.2) is 4.98 Å². The number of aromatic nitrogens is 1. The average Bonchev–Trinajstić information content (AvgIpc) is 2.08. The molecule has 0 radical (unpaired) electrons. The maximum Gasteiger partial charge on any atom is 0.248 e. The lowest BCUT2D eigenvalue weighted by Crippen LogP contribution is -2.03. The van der Waals surface area contributed by atoms with Gasteiger partial charge in [0.2, 0.25) is 5.56 Å². The van der Waals surface area contributed by atoms with Gasteiger partial charge in [0.15, 0.2) is 0 Å². The van der Waals surface area contributed by atoms with E-state index in [4.69, 9.17) is 5.73 Å². The van der Waals surface area contributed by atoms with E-state index in [0.29, 0.717) is 10.9 Å². The highest BCUT2D eigenvalue weighted by Gasteiger charge is 2.00. The van der Waals surface area contributed by atoms with Gasteiger partial charge in [-0.2, -0.15) is 0 Å².